The van der Waals surface area contributed by atoms with Crippen LogP contribution in [0.4, 0.5) is 0 Å². The van der Waals surface area contributed by atoms with Crippen LogP contribution >= 0.6 is 0 Å². The van der Waals surface area contributed by atoms with E-state index in [4.69, 9.17) is 10.00 Å². The molecule has 0 saturated carbocycles. The third kappa shape index (κ3) is 6.89. The minimum Gasteiger partial charge on any atom is -0.469 e. The maximum atomic E-state index is 12.3. The highest BCUT2D eigenvalue weighted by Crippen LogP contribution is 2.27. The average molecular weight is 307 g/mol. The number of rotatable bonds is 9. The molecule has 0 radical (unpaired) electrons. The predicted molar refractivity (Wildman–Crippen MR) is 87.0 cm³/mol. The molecule has 0 N–H and O–H groups in total. The van der Waals surface area contributed by atoms with E-state index in [1.54, 1.807) is 0 Å². The van der Waals surface area contributed by atoms with Crippen molar-refractivity contribution < 1.29 is 14.3 Å². The highest BCUT2D eigenvalue weighted by molar-refractivity contribution is 5.84. The van der Waals surface area contributed by atoms with Gasteiger partial charge in [-0.3, -0.25) is 9.59 Å². The van der Waals surface area contributed by atoms with Crippen LogP contribution < -0.4 is 0 Å². The van der Waals surface area contributed by atoms with E-state index >= 15 is 0 Å². The number of esters is 1. The van der Waals surface area contributed by atoms with Gasteiger partial charge in [0.15, 0.2) is 0 Å². The van der Waals surface area contributed by atoms with Crippen molar-refractivity contribution in [2.45, 2.75) is 60.3 Å². The summed E-state index contributed by atoms with van der Waals surface area (Å²) in [5.41, 5.74) is -1.01. The number of allylic oxidation sites excluding steroid dienone is 2. The van der Waals surface area contributed by atoms with Gasteiger partial charge in [0.1, 0.15) is 5.78 Å². The summed E-state index contributed by atoms with van der Waals surface area (Å²) >= 11 is 0. The van der Waals surface area contributed by atoms with Crippen LogP contribution in [-0.4, -0.2) is 18.9 Å². The van der Waals surface area contributed by atoms with Gasteiger partial charge in [0.05, 0.1) is 18.6 Å². The standard InChI is InChI=1S/C18H29NO3/c1-14(9-7-10-18(4,5)16(21)22-6)13-15(20)17(2,3)11-8-12-19/h7,9,14H,8,10-11,13H2,1-6H3/b9-7+. The van der Waals surface area contributed by atoms with Crippen molar-refractivity contribution in [3.63, 3.8) is 0 Å². The second kappa shape index (κ2) is 8.73. The van der Waals surface area contributed by atoms with Crippen molar-refractivity contribution in [2.75, 3.05) is 7.11 Å². The molecule has 22 heavy (non-hydrogen) atoms. The lowest BCUT2D eigenvalue weighted by atomic mass is 9.80. The first-order valence-corrected chi connectivity index (χ1v) is 7.72. The van der Waals surface area contributed by atoms with Gasteiger partial charge in [-0.05, 0) is 32.6 Å². The monoisotopic (exact) mass is 307 g/mol. The van der Waals surface area contributed by atoms with Gasteiger partial charge in [0.25, 0.3) is 0 Å². The Bertz CT molecular complexity index is 455. The van der Waals surface area contributed by atoms with Crippen LogP contribution in [0.5, 0.6) is 0 Å². The molecule has 4 nitrogen and oxygen atoms in total. The SMILES string of the molecule is COC(=O)C(C)(C)C/C=C/C(C)CC(=O)C(C)(C)CCC#N. The molecule has 1 unspecified atom stereocenters. The van der Waals surface area contributed by atoms with Crippen LogP contribution in [-0.2, 0) is 14.3 Å². The van der Waals surface area contributed by atoms with Gasteiger partial charge in [-0.2, -0.15) is 5.26 Å². The molecule has 1 atom stereocenters. The Hall–Kier alpha value is -1.63. The maximum absolute atomic E-state index is 12.3. The predicted octanol–water partition coefficient (Wildman–Crippen LogP) is 4.06. The lowest BCUT2D eigenvalue weighted by molar-refractivity contribution is -0.150. The largest absolute Gasteiger partial charge is 0.469 e. The van der Waals surface area contributed by atoms with E-state index in [0.717, 1.165) is 0 Å². The maximum Gasteiger partial charge on any atom is 0.311 e. The molecular weight excluding hydrogens is 278 g/mol. The number of ether oxygens (including phenoxy) is 1. The van der Waals surface area contributed by atoms with Gasteiger partial charge >= 0.3 is 5.97 Å². The zero-order valence-electron chi connectivity index (χ0n) is 14.7. The molecule has 124 valence electrons. The highest BCUT2D eigenvalue weighted by Gasteiger charge is 2.28. The molecule has 4 heteroatoms. The van der Waals surface area contributed by atoms with Crippen molar-refractivity contribution in [3.8, 4) is 6.07 Å². The van der Waals surface area contributed by atoms with Crippen molar-refractivity contribution in [1.29, 1.82) is 5.26 Å². The fourth-order valence-electron chi connectivity index (χ4n) is 2.10. The fraction of sp³-hybridized carbons (Fsp3) is 0.722. The Morgan fingerprint density at radius 2 is 1.82 bits per heavy atom. The zero-order chi connectivity index (χ0) is 17.4. The lowest BCUT2D eigenvalue weighted by Crippen LogP contribution is -2.26. The number of hydrogen-bond acceptors (Lipinski definition) is 4. The van der Waals surface area contributed by atoms with Crippen molar-refractivity contribution in [3.05, 3.63) is 12.2 Å². The third-order valence-corrected chi connectivity index (χ3v) is 3.95. The van der Waals surface area contributed by atoms with E-state index < -0.39 is 10.8 Å². The van der Waals surface area contributed by atoms with Crippen LogP contribution in [0.15, 0.2) is 12.2 Å². The number of Topliss-reactive ketones (excluding diaryl/α,β-unsaturated/α-hetero) is 1. The molecule has 0 saturated heterocycles. The van der Waals surface area contributed by atoms with Crippen LogP contribution in [0.1, 0.15) is 60.3 Å². The number of carbonyl (C=O) groups excluding carboxylic acids is 2. The number of carbonyl (C=O) groups is 2. The number of nitriles is 1. The Kier molecular flexibility index (Phi) is 8.08. The average Bonchev–Trinajstić information content (AvgIpc) is 2.43. The van der Waals surface area contributed by atoms with Gasteiger partial charge in [-0.15, -0.1) is 0 Å². The summed E-state index contributed by atoms with van der Waals surface area (Å²) in [4.78, 5) is 23.9. The Morgan fingerprint density at radius 1 is 1.23 bits per heavy atom. The van der Waals surface area contributed by atoms with Gasteiger partial charge in [0, 0.05) is 18.3 Å². The molecule has 0 amide bonds. The molecule has 0 aliphatic rings. The second-order valence-electron chi connectivity index (χ2n) is 7.15. The summed E-state index contributed by atoms with van der Waals surface area (Å²) < 4.78 is 4.77. The first kappa shape index (κ1) is 20.4. The molecule has 0 rings (SSSR count). The van der Waals surface area contributed by atoms with Crippen molar-refractivity contribution in [2.24, 2.45) is 16.7 Å². The van der Waals surface area contributed by atoms with Crippen LogP contribution in [0, 0.1) is 28.1 Å². The zero-order valence-corrected chi connectivity index (χ0v) is 14.7. The molecule has 0 spiro atoms. The minimum absolute atomic E-state index is 0.113. The molecule has 0 aliphatic heterocycles. The molecule has 0 bridgehead atoms. The number of methoxy groups -OCH3 is 1. The van der Waals surface area contributed by atoms with E-state index in [0.29, 0.717) is 25.7 Å². The molecule has 0 aliphatic carbocycles. The number of ketones is 1. The van der Waals surface area contributed by atoms with Crippen molar-refractivity contribution >= 4 is 11.8 Å². The summed E-state index contributed by atoms with van der Waals surface area (Å²) in [6, 6.07) is 2.09. The van der Waals surface area contributed by atoms with E-state index in [1.807, 2.05) is 46.8 Å². The Labute approximate surface area is 134 Å². The molecule has 0 heterocycles. The second-order valence-corrected chi connectivity index (χ2v) is 7.15. The molecule has 0 aromatic heterocycles. The molecule has 0 fully saturated rings. The smallest absolute Gasteiger partial charge is 0.311 e. The van der Waals surface area contributed by atoms with Gasteiger partial charge in [0.2, 0.25) is 0 Å². The minimum atomic E-state index is -0.555. The molecule has 0 aromatic rings. The van der Waals surface area contributed by atoms with Gasteiger partial charge in [-0.1, -0.05) is 32.9 Å². The lowest BCUT2D eigenvalue weighted by Gasteiger charge is -2.23. The van der Waals surface area contributed by atoms with E-state index in [9.17, 15) is 9.59 Å². The fourth-order valence-corrected chi connectivity index (χ4v) is 2.10. The van der Waals surface area contributed by atoms with Crippen molar-refractivity contribution in [1.82, 2.24) is 0 Å². The van der Waals surface area contributed by atoms with E-state index in [1.165, 1.54) is 7.11 Å². The first-order valence-electron chi connectivity index (χ1n) is 7.72. The summed E-state index contributed by atoms with van der Waals surface area (Å²) in [5, 5.41) is 8.64. The van der Waals surface area contributed by atoms with Gasteiger partial charge in [-0.25, -0.2) is 0 Å². The summed E-state index contributed by atoms with van der Waals surface area (Å²) in [7, 11) is 1.39. The molecule has 0 aromatic carbocycles. The van der Waals surface area contributed by atoms with Gasteiger partial charge < -0.3 is 4.74 Å². The van der Waals surface area contributed by atoms with Crippen LogP contribution in [0.3, 0.4) is 0 Å². The third-order valence-electron chi connectivity index (χ3n) is 3.95. The normalized spacial score (nSPS) is 13.7. The summed E-state index contributed by atoms with van der Waals surface area (Å²) in [6.07, 6.45) is 5.94. The van der Waals surface area contributed by atoms with E-state index in [2.05, 4.69) is 6.07 Å². The topological polar surface area (TPSA) is 67.2 Å². The summed E-state index contributed by atoms with van der Waals surface area (Å²) in [5.74, 6) is 0.0490. The van der Waals surface area contributed by atoms with Crippen LogP contribution in [0.25, 0.3) is 0 Å². The number of nitrogens with zero attached hydrogens (tertiary/aromatic N) is 1. The Morgan fingerprint density at radius 3 is 2.32 bits per heavy atom. The van der Waals surface area contributed by atoms with Crippen LogP contribution in [0.2, 0.25) is 0 Å². The highest BCUT2D eigenvalue weighted by atomic mass is 16.5. The quantitative estimate of drug-likeness (QED) is 0.476. The first-order chi connectivity index (χ1) is 10.1. The van der Waals surface area contributed by atoms with E-state index in [-0.39, 0.29) is 17.7 Å². The summed E-state index contributed by atoms with van der Waals surface area (Å²) in [6.45, 7) is 9.45. The Balaban J connectivity index is 4.48. The molecular formula is C18H29NO3. The number of hydrogen-bond donors (Lipinski definition) is 0.